The van der Waals surface area contributed by atoms with E-state index in [1.165, 1.54) is 16.7 Å². The first-order chi connectivity index (χ1) is 12.0. The molecule has 0 saturated carbocycles. The summed E-state index contributed by atoms with van der Waals surface area (Å²) >= 11 is 3.32. The van der Waals surface area contributed by atoms with Gasteiger partial charge in [-0.3, -0.25) is 8.75 Å². The predicted molar refractivity (Wildman–Crippen MR) is 102 cm³/mol. The van der Waals surface area contributed by atoms with Crippen molar-refractivity contribution >= 4 is 32.1 Å². The number of ether oxygens (including phenoxy) is 1. The van der Waals surface area contributed by atoms with Crippen LogP contribution >= 0.6 is 15.9 Å². The minimum atomic E-state index is -3.84. The van der Waals surface area contributed by atoms with E-state index >= 15 is 0 Å². The number of nitrogens with zero attached hydrogens (tertiary/aromatic N) is 1. The van der Waals surface area contributed by atoms with Crippen molar-refractivity contribution in [1.29, 1.82) is 0 Å². The lowest BCUT2D eigenvalue weighted by Crippen LogP contribution is -2.28. The van der Waals surface area contributed by atoms with Gasteiger partial charge in [0.25, 0.3) is 10.1 Å². The number of carbonyl (C=O) groups is 1. The Morgan fingerprint density at radius 2 is 1.81 bits per heavy atom. The van der Waals surface area contributed by atoms with Crippen LogP contribution in [-0.2, 0) is 25.5 Å². The molecule has 2 aromatic rings. The van der Waals surface area contributed by atoms with Gasteiger partial charge in [0.1, 0.15) is 5.60 Å². The lowest BCUT2D eigenvalue weighted by atomic mass is 10.2. The summed E-state index contributed by atoms with van der Waals surface area (Å²) in [5, 5.41) is 0. The van der Waals surface area contributed by atoms with Gasteiger partial charge in [0.2, 0.25) is 0 Å². The molecule has 1 aromatic carbocycles. The third-order valence-corrected chi connectivity index (χ3v) is 5.12. The highest BCUT2D eigenvalue weighted by Crippen LogP contribution is 2.19. The van der Waals surface area contributed by atoms with E-state index < -0.39 is 21.8 Å². The second kappa shape index (κ2) is 7.94. The number of halogens is 1. The van der Waals surface area contributed by atoms with Crippen LogP contribution in [0.25, 0.3) is 0 Å². The molecule has 2 rings (SSSR count). The van der Waals surface area contributed by atoms with Crippen LogP contribution in [0, 0.1) is 6.92 Å². The van der Waals surface area contributed by atoms with Crippen molar-refractivity contribution in [2.24, 2.45) is 0 Å². The molecule has 0 fully saturated rings. The number of hydrogen-bond acceptors (Lipinski definition) is 5. The largest absolute Gasteiger partial charge is 0.443 e. The zero-order valence-electron chi connectivity index (χ0n) is 15.2. The molecule has 0 N–H and O–H groups in total. The summed E-state index contributed by atoms with van der Waals surface area (Å²) in [5.41, 5.74) is 0.922. The second-order valence-corrected chi connectivity index (χ2v) is 9.37. The number of hydrogen-bond donors (Lipinski definition) is 0. The van der Waals surface area contributed by atoms with Gasteiger partial charge in [0.05, 0.1) is 11.5 Å². The third kappa shape index (κ3) is 5.69. The van der Waals surface area contributed by atoms with Gasteiger partial charge in [-0.1, -0.05) is 17.7 Å². The maximum absolute atomic E-state index is 12.3. The molecule has 1 heterocycles. The van der Waals surface area contributed by atoms with Crippen LogP contribution in [0.5, 0.6) is 0 Å². The Morgan fingerprint density at radius 1 is 1.19 bits per heavy atom. The van der Waals surface area contributed by atoms with Crippen LogP contribution in [0.1, 0.15) is 32.0 Å². The van der Waals surface area contributed by atoms with Crippen molar-refractivity contribution < 1.29 is 22.1 Å². The van der Waals surface area contributed by atoms with E-state index in [2.05, 4.69) is 15.9 Å². The molecule has 0 amide bonds. The van der Waals surface area contributed by atoms with E-state index in [9.17, 15) is 13.2 Å². The summed E-state index contributed by atoms with van der Waals surface area (Å²) < 4.78 is 36.9. The minimum absolute atomic E-state index is 0.0878. The standard InChI is InChI=1S/C18H22BrNO5S/c1-13-5-7-16(8-6-13)26(22,23)24-10-9-15-11-14(19)12-20(15)17(21)25-18(2,3)4/h5-8,11-12H,9-10H2,1-4H3. The maximum atomic E-state index is 12.3. The molecule has 0 saturated heterocycles. The van der Waals surface area contributed by atoms with E-state index in [0.717, 1.165) is 5.56 Å². The fourth-order valence-electron chi connectivity index (χ4n) is 2.17. The molecule has 26 heavy (non-hydrogen) atoms. The number of aromatic nitrogens is 1. The third-order valence-electron chi connectivity index (χ3n) is 3.36. The van der Waals surface area contributed by atoms with Crippen molar-refractivity contribution in [1.82, 2.24) is 4.57 Å². The molecule has 6 nitrogen and oxygen atoms in total. The fourth-order valence-corrected chi connectivity index (χ4v) is 3.55. The number of carbonyl (C=O) groups excluding carboxylic acids is 1. The van der Waals surface area contributed by atoms with Gasteiger partial charge in [-0.2, -0.15) is 8.42 Å². The van der Waals surface area contributed by atoms with E-state index in [1.807, 2.05) is 6.92 Å². The molecule has 0 unspecified atom stereocenters. The topological polar surface area (TPSA) is 74.6 Å². The normalized spacial score (nSPS) is 12.2. The highest BCUT2D eigenvalue weighted by atomic mass is 79.9. The van der Waals surface area contributed by atoms with Crippen molar-refractivity contribution in [2.75, 3.05) is 6.61 Å². The molecule has 0 bridgehead atoms. The van der Waals surface area contributed by atoms with Crippen LogP contribution < -0.4 is 0 Å². The molecule has 142 valence electrons. The number of aryl methyl sites for hydroxylation is 1. The van der Waals surface area contributed by atoms with Crippen molar-refractivity contribution in [2.45, 2.75) is 44.6 Å². The van der Waals surface area contributed by atoms with Crippen molar-refractivity contribution in [3.05, 3.63) is 52.3 Å². The van der Waals surface area contributed by atoms with Gasteiger partial charge < -0.3 is 4.74 Å². The quantitative estimate of drug-likeness (QED) is 0.644. The van der Waals surface area contributed by atoms with Gasteiger partial charge in [-0.15, -0.1) is 0 Å². The molecule has 0 aliphatic carbocycles. The summed E-state index contributed by atoms with van der Waals surface area (Å²) in [4.78, 5) is 12.4. The van der Waals surface area contributed by atoms with E-state index in [1.54, 1.807) is 45.2 Å². The van der Waals surface area contributed by atoms with Crippen LogP contribution in [0.4, 0.5) is 4.79 Å². The summed E-state index contributed by atoms with van der Waals surface area (Å²) in [6.07, 6.45) is 1.29. The van der Waals surface area contributed by atoms with Gasteiger partial charge >= 0.3 is 6.09 Å². The van der Waals surface area contributed by atoms with E-state index in [0.29, 0.717) is 10.2 Å². The Hall–Kier alpha value is -1.64. The SMILES string of the molecule is Cc1ccc(S(=O)(=O)OCCc2cc(Br)cn2C(=O)OC(C)(C)C)cc1. The predicted octanol–water partition coefficient (Wildman–Crippen LogP) is 4.29. The van der Waals surface area contributed by atoms with Crippen LogP contribution in [-0.4, -0.2) is 31.3 Å². The highest BCUT2D eigenvalue weighted by Gasteiger charge is 2.21. The smallest absolute Gasteiger partial charge is 0.418 e. The number of benzene rings is 1. The molecule has 0 aliphatic rings. The van der Waals surface area contributed by atoms with Gasteiger partial charge in [0.15, 0.2) is 0 Å². The Balaban J connectivity index is 2.06. The average Bonchev–Trinajstić information content (AvgIpc) is 2.87. The fraction of sp³-hybridized carbons (Fsp3) is 0.389. The van der Waals surface area contributed by atoms with Crippen molar-refractivity contribution in [3.63, 3.8) is 0 Å². The van der Waals surface area contributed by atoms with Gasteiger partial charge in [-0.05, 0) is 61.8 Å². The summed E-state index contributed by atoms with van der Waals surface area (Å²) in [6.45, 7) is 7.12. The summed E-state index contributed by atoms with van der Waals surface area (Å²) in [5.74, 6) is 0. The second-order valence-electron chi connectivity index (χ2n) is 6.84. The Morgan fingerprint density at radius 3 is 2.38 bits per heavy atom. The average molecular weight is 444 g/mol. The summed E-state index contributed by atoms with van der Waals surface area (Å²) in [7, 11) is -3.84. The maximum Gasteiger partial charge on any atom is 0.418 e. The molecular formula is C18H22BrNO5S. The first kappa shape index (κ1) is 20.7. The molecule has 1 aromatic heterocycles. The summed E-state index contributed by atoms with van der Waals surface area (Å²) in [6, 6.07) is 8.16. The molecule has 8 heteroatoms. The Bertz CT molecular complexity index is 879. The minimum Gasteiger partial charge on any atom is -0.443 e. The molecular weight excluding hydrogens is 422 g/mol. The van der Waals surface area contributed by atoms with Gasteiger partial charge in [0, 0.05) is 22.8 Å². The van der Waals surface area contributed by atoms with E-state index in [4.69, 9.17) is 8.92 Å². The molecule has 0 spiro atoms. The zero-order chi connectivity index (χ0) is 19.5. The molecule has 0 aliphatic heterocycles. The van der Waals surface area contributed by atoms with Crippen molar-refractivity contribution in [3.8, 4) is 0 Å². The zero-order valence-corrected chi connectivity index (χ0v) is 17.6. The number of rotatable bonds is 5. The first-order valence-corrected chi connectivity index (χ1v) is 10.2. The van der Waals surface area contributed by atoms with E-state index in [-0.39, 0.29) is 17.9 Å². The Kier molecular flexibility index (Phi) is 6.31. The van der Waals surface area contributed by atoms with Gasteiger partial charge in [-0.25, -0.2) is 4.79 Å². The monoisotopic (exact) mass is 443 g/mol. The van der Waals surface area contributed by atoms with Crippen LogP contribution in [0.15, 0.2) is 45.9 Å². The Labute approximate surface area is 162 Å². The molecule has 0 atom stereocenters. The lowest BCUT2D eigenvalue weighted by molar-refractivity contribution is 0.0532. The molecule has 0 radical (unpaired) electrons. The highest BCUT2D eigenvalue weighted by molar-refractivity contribution is 9.10. The van der Waals surface area contributed by atoms with Crippen LogP contribution in [0.2, 0.25) is 0 Å². The first-order valence-electron chi connectivity index (χ1n) is 8.04. The lowest BCUT2D eigenvalue weighted by Gasteiger charge is -2.20. The van der Waals surface area contributed by atoms with Crippen LogP contribution in [0.3, 0.4) is 0 Å².